The van der Waals surface area contributed by atoms with E-state index in [0.29, 0.717) is 0 Å². The highest BCUT2D eigenvalue weighted by Crippen LogP contribution is 2.36. The lowest BCUT2D eigenvalue weighted by Gasteiger charge is -2.26. The number of hydrogen-bond donors (Lipinski definition) is 1. The number of nitrogens with one attached hydrogen (secondary N) is 1. The van der Waals surface area contributed by atoms with Gasteiger partial charge in [0.25, 0.3) is 0 Å². The van der Waals surface area contributed by atoms with E-state index in [1.54, 1.807) is 0 Å². The Morgan fingerprint density at radius 2 is 1.91 bits per heavy atom. The number of carbonyl (C=O) groups is 1. The van der Waals surface area contributed by atoms with Crippen molar-refractivity contribution in [2.45, 2.75) is 25.8 Å². The van der Waals surface area contributed by atoms with E-state index < -0.39 is 0 Å². The molecule has 3 nitrogen and oxygen atoms in total. The second-order valence-electron chi connectivity index (χ2n) is 5.62. The van der Waals surface area contributed by atoms with Gasteiger partial charge in [-0.1, -0.05) is 48.0 Å². The number of urea groups is 1. The second kappa shape index (κ2) is 6.41. The van der Waals surface area contributed by atoms with Crippen LogP contribution in [0.25, 0.3) is 0 Å². The molecule has 4 heteroatoms. The van der Waals surface area contributed by atoms with E-state index >= 15 is 0 Å². The quantitative estimate of drug-likeness (QED) is 0.829. The Labute approximate surface area is 135 Å². The number of aryl methyl sites for hydroxylation is 1. The number of benzene rings is 2. The number of rotatable bonds is 2. The summed E-state index contributed by atoms with van der Waals surface area (Å²) in [4.78, 5) is 14.5. The molecule has 0 radical (unpaired) electrons. The SMILES string of the molecule is Cc1ccccc1NC(=O)N1CCC[C@@H]1c1ccccc1Cl. The zero-order valence-electron chi connectivity index (χ0n) is 12.6. The minimum absolute atomic E-state index is 0.0534. The number of anilines is 1. The van der Waals surface area contributed by atoms with Gasteiger partial charge in [-0.2, -0.15) is 0 Å². The molecule has 0 aliphatic carbocycles. The maximum Gasteiger partial charge on any atom is 0.322 e. The van der Waals surface area contributed by atoms with E-state index in [1.807, 2.05) is 60.4 Å². The molecule has 1 atom stereocenters. The number of likely N-dealkylation sites (tertiary alicyclic amines) is 1. The summed E-state index contributed by atoms with van der Waals surface area (Å²) in [5, 5.41) is 3.74. The fourth-order valence-corrected chi connectivity index (χ4v) is 3.24. The van der Waals surface area contributed by atoms with Gasteiger partial charge < -0.3 is 10.2 Å². The molecule has 1 saturated heterocycles. The molecule has 22 heavy (non-hydrogen) atoms. The first-order valence-electron chi connectivity index (χ1n) is 7.54. The molecule has 1 aliphatic rings. The molecule has 1 aliphatic heterocycles. The van der Waals surface area contributed by atoms with E-state index in [-0.39, 0.29) is 12.1 Å². The van der Waals surface area contributed by atoms with E-state index in [0.717, 1.165) is 41.2 Å². The average molecular weight is 315 g/mol. The van der Waals surface area contributed by atoms with Gasteiger partial charge in [0.05, 0.1) is 6.04 Å². The molecule has 0 saturated carbocycles. The van der Waals surface area contributed by atoms with Crippen LogP contribution in [0.15, 0.2) is 48.5 Å². The Hall–Kier alpha value is -2.00. The summed E-state index contributed by atoms with van der Waals surface area (Å²) in [6.07, 6.45) is 1.95. The molecule has 1 heterocycles. The summed E-state index contributed by atoms with van der Waals surface area (Å²) >= 11 is 6.30. The highest BCUT2D eigenvalue weighted by Gasteiger charge is 2.31. The molecule has 2 aromatic rings. The summed E-state index contributed by atoms with van der Waals surface area (Å²) in [6.45, 7) is 2.75. The van der Waals surface area contributed by atoms with Crippen LogP contribution in [0.5, 0.6) is 0 Å². The summed E-state index contributed by atoms with van der Waals surface area (Å²) in [5.74, 6) is 0. The van der Waals surface area contributed by atoms with Crippen molar-refractivity contribution in [1.82, 2.24) is 4.90 Å². The Balaban J connectivity index is 1.80. The number of amides is 2. The number of para-hydroxylation sites is 1. The first-order chi connectivity index (χ1) is 10.7. The van der Waals surface area contributed by atoms with Crippen LogP contribution in [0.3, 0.4) is 0 Å². The molecule has 1 fully saturated rings. The summed E-state index contributed by atoms with van der Waals surface area (Å²) in [5.41, 5.74) is 2.95. The monoisotopic (exact) mass is 314 g/mol. The van der Waals surface area contributed by atoms with Crippen LogP contribution in [0.2, 0.25) is 5.02 Å². The zero-order chi connectivity index (χ0) is 15.5. The van der Waals surface area contributed by atoms with Crippen LogP contribution in [0.4, 0.5) is 10.5 Å². The molecular formula is C18H19ClN2O. The first-order valence-corrected chi connectivity index (χ1v) is 7.92. The average Bonchev–Trinajstić information content (AvgIpc) is 2.99. The van der Waals surface area contributed by atoms with Gasteiger partial charge >= 0.3 is 6.03 Å². The Kier molecular flexibility index (Phi) is 4.34. The maximum atomic E-state index is 12.6. The van der Waals surface area contributed by atoms with Crippen molar-refractivity contribution >= 4 is 23.3 Å². The normalized spacial score (nSPS) is 17.5. The molecule has 0 unspecified atom stereocenters. The van der Waals surface area contributed by atoms with Crippen molar-refractivity contribution in [3.8, 4) is 0 Å². The molecule has 114 valence electrons. The van der Waals surface area contributed by atoms with Crippen LogP contribution in [0.1, 0.15) is 30.0 Å². The highest BCUT2D eigenvalue weighted by atomic mass is 35.5. The van der Waals surface area contributed by atoms with E-state index in [2.05, 4.69) is 5.32 Å². The van der Waals surface area contributed by atoms with Gasteiger partial charge in [0.15, 0.2) is 0 Å². The van der Waals surface area contributed by atoms with Crippen LogP contribution >= 0.6 is 11.6 Å². The third-order valence-corrected chi connectivity index (χ3v) is 4.51. The Morgan fingerprint density at radius 3 is 2.68 bits per heavy atom. The molecule has 0 aromatic heterocycles. The summed E-state index contributed by atoms with van der Waals surface area (Å²) in [7, 11) is 0. The number of hydrogen-bond acceptors (Lipinski definition) is 1. The van der Waals surface area contributed by atoms with Gasteiger partial charge in [-0.25, -0.2) is 4.79 Å². The molecule has 1 N–H and O–H groups in total. The zero-order valence-corrected chi connectivity index (χ0v) is 13.3. The number of carbonyl (C=O) groups excluding carboxylic acids is 1. The van der Waals surface area contributed by atoms with Gasteiger partial charge in [0.1, 0.15) is 0 Å². The molecular weight excluding hydrogens is 296 g/mol. The van der Waals surface area contributed by atoms with E-state index in [1.165, 1.54) is 0 Å². The van der Waals surface area contributed by atoms with Crippen molar-refractivity contribution in [2.75, 3.05) is 11.9 Å². The largest absolute Gasteiger partial charge is 0.322 e. The van der Waals surface area contributed by atoms with Crippen molar-refractivity contribution < 1.29 is 4.79 Å². The predicted molar refractivity (Wildman–Crippen MR) is 90.3 cm³/mol. The topological polar surface area (TPSA) is 32.3 Å². The van der Waals surface area contributed by atoms with Gasteiger partial charge in [0.2, 0.25) is 0 Å². The molecule has 0 bridgehead atoms. The van der Waals surface area contributed by atoms with Crippen LogP contribution in [-0.4, -0.2) is 17.5 Å². The highest BCUT2D eigenvalue weighted by molar-refractivity contribution is 6.31. The number of nitrogens with zero attached hydrogens (tertiary/aromatic N) is 1. The third-order valence-electron chi connectivity index (χ3n) is 4.16. The molecule has 0 spiro atoms. The predicted octanol–water partition coefficient (Wildman–Crippen LogP) is 5.02. The maximum absolute atomic E-state index is 12.6. The van der Waals surface area contributed by atoms with Crippen molar-refractivity contribution in [3.05, 3.63) is 64.7 Å². The van der Waals surface area contributed by atoms with Crippen LogP contribution < -0.4 is 5.32 Å². The Bertz CT molecular complexity index is 686. The van der Waals surface area contributed by atoms with Crippen molar-refractivity contribution in [3.63, 3.8) is 0 Å². The van der Waals surface area contributed by atoms with Crippen molar-refractivity contribution in [1.29, 1.82) is 0 Å². The lowest BCUT2D eigenvalue weighted by Crippen LogP contribution is -2.34. The summed E-state index contributed by atoms with van der Waals surface area (Å²) in [6, 6.07) is 15.6. The lowest BCUT2D eigenvalue weighted by molar-refractivity contribution is 0.207. The molecule has 2 amide bonds. The minimum Gasteiger partial charge on any atom is -0.317 e. The summed E-state index contributed by atoms with van der Waals surface area (Å²) < 4.78 is 0. The fourth-order valence-electron chi connectivity index (χ4n) is 2.98. The van der Waals surface area contributed by atoms with E-state index in [9.17, 15) is 4.79 Å². The fraction of sp³-hybridized carbons (Fsp3) is 0.278. The van der Waals surface area contributed by atoms with Crippen LogP contribution in [0, 0.1) is 6.92 Å². The Morgan fingerprint density at radius 1 is 1.18 bits per heavy atom. The first kappa shape index (κ1) is 14.9. The second-order valence-corrected chi connectivity index (χ2v) is 6.03. The van der Waals surface area contributed by atoms with Gasteiger partial charge in [-0.3, -0.25) is 0 Å². The molecule has 3 rings (SSSR count). The smallest absolute Gasteiger partial charge is 0.317 e. The standard InChI is InChI=1S/C18H19ClN2O/c1-13-7-2-5-10-16(13)20-18(22)21-12-6-11-17(21)14-8-3-4-9-15(14)19/h2-5,7-10,17H,6,11-12H2,1H3,(H,20,22)/t17-/m1/s1. The van der Waals surface area contributed by atoms with Crippen molar-refractivity contribution in [2.24, 2.45) is 0 Å². The van der Waals surface area contributed by atoms with Crippen LogP contribution in [-0.2, 0) is 0 Å². The molecule has 2 aromatic carbocycles. The third kappa shape index (κ3) is 2.95. The van der Waals surface area contributed by atoms with E-state index in [4.69, 9.17) is 11.6 Å². The van der Waals surface area contributed by atoms with Gasteiger partial charge in [-0.15, -0.1) is 0 Å². The lowest BCUT2D eigenvalue weighted by atomic mass is 10.0. The van der Waals surface area contributed by atoms with Gasteiger partial charge in [-0.05, 0) is 43.0 Å². The van der Waals surface area contributed by atoms with Gasteiger partial charge in [0, 0.05) is 17.3 Å². The number of halogens is 1. The minimum atomic E-state index is -0.0586.